The Hall–Kier alpha value is -4.52. The summed E-state index contributed by atoms with van der Waals surface area (Å²) in [6.45, 7) is 0. The minimum Gasteiger partial charge on any atom is -0.497 e. The Morgan fingerprint density at radius 3 is 2.64 bits per heavy atom. The van der Waals surface area contributed by atoms with Crippen LogP contribution in [0.5, 0.6) is 23.0 Å². The molecule has 0 spiro atoms. The molecule has 180 valence electrons. The van der Waals surface area contributed by atoms with Gasteiger partial charge in [-0.1, -0.05) is 24.3 Å². The molecule has 1 unspecified atom stereocenters. The van der Waals surface area contributed by atoms with Crippen LogP contribution in [0.1, 0.15) is 39.4 Å². The summed E-state index contributed by atoms with van der Waals surface area (Å²) >= 11 is 0. The lowest BCUT2D eigenvalue weighted by Crippen LogP contribution is -2.22. The van der Waals surface area contributed by atoms with E-state index in [0.717, 1.165) is 22.0 Å². The molecule has 7 heteroatoms. The first kappa shape index (κ1) is 22.0. The maximum Gasteiger partial charge on any atom is 0.312 e. The summed E-state index contributed by atoms with van der Waals surface area (Å²) in [5, 5.41) is 1.02. The van der Waals surface area contributed by atoms with Crippen molar-refractivity contribution in [3.8, 4) is 23.0 Å². The second-order valence-corrected chi connectivity index (χ2v) is 8.84. The summed E-state index contributed by atoms with van der Waals surface area (Å²) < 4.78 is 24.8. The zero-order valence-electron chi connectivity index (χ0n) is 20.0. The number of allylic oxidation sites excluding steroid dienone is 1. The zero-order chi connectivity index (χ0) is 25.0. The molecule has 0 saturated carbocycles. The summed E-state index contributed by atoms with van der Waals surface area (Å²) in [5.41, 5.74) is 3.83. The average Bonchev–Trinajstić information content (AvgIpc) is 3.39. The standard InChI is InChI=1S/C29H23NO6/c1-30-15-16(18-6-4-5-7-22(18)30)12-25-28(32)20-10-11-23-27(29(20)36-25)21(14-26(31)35-23)19-9-8-17(33-2)13-24(19)34-3/h4-13,15,21H,14H2,1-3H3/b25-12-. The Morgan fingerprint density at radius 2 is 1.83 bits per heavy atom. The topological polar surface area (TPSA) is 76.0 Å². The van der Waals surface area contributed by atoms with Crippen LogP contribution >= 0.6 is 0 Å². The van der Waals surface area contributed by atoms with Crippen molar-refractivity contribution in [1.29, 1.82) is 0 Å². The highest BCUT2D eigenvalue weighted by molar-refractivity contribution is 6.15. The van der Waals surface area contributed by atoms with Crippen molar-refractivity contribution in [1.82, 2.24) is 4.57 Å². The number of para-hydroxylation sites is 1. The van der Waals surface area contributed by atoms with Gasteiger partial charge in [-0.2, -0.15) is 0 Å². The number of ketones is 1. The SMILES string of the molecule is COc1ccc(C2CC(=O)Oc3ccc4c(c32)O/C(=C\c2cn(C)c3ccccc23)C4=O)c(OC)c1. The number of hydrogen-bond acceptors (Lipinski definition) is 6. The fourth-order valence-electron chi connectivity index (χ4n) is 5.11. The quantitative estimate of drug-likeness (QED) is 0.225. The van der Waals surface area contributed by atoms with Gasteiger partial charge < -0.3 is 23.5 Å². The van der Waals surface area contributed by atoms with Gasteiger partial charge in [-0.3, -0.25) is 9.59 Å². The van der Waals surface area contributed by atoms with E-state index in [9.17, 15) is 9.59 Å². The summed E-state index contributed by atoms with van der Waals surface area (Å²) in [6, 6.07) is 16.8. The third-order valence-electron chi connectivity index (χ3n) is 6.81. The molecule has 0 aliphatic carbocycles. The van der Waals surface area contributed by atoms with Gasteiger partial charge in [0.1, 0.15) is 23.0 Å². The summed E-state index contributed by atoms with van der Waals surface area (Å²) in [7, 11) is 5.12. The van der Waals surface area contributed by atoms with Crippen LogP contribution in [0.2, 0.25) is 0 Å². The smallest absolute Gasteiger partial charge is 0.312 e. The summed E-state index contributed by atoms with van der Waals surface area (Å²) in [4.78, 5) is 25.9. The van der Waals surface area contributed by atoms with Crippen LogP contribution in [-0.4, -0.2) is 30.5 Å². The highest BCUT2D eigenvalue weighted by atomic mass is 16.5. The van der Waals surface area contributed by atoms with E-state index in [1.165, 1.54) is 0 Å². The van der Waals surface area contributed by atoms with Gasteiger partial charge in [-0.05, 0) is 30.3 Å². The normalized spacial score (nSPS) is 17.5. The average molecular weight is 482 g/mol. The Kier molecular flexibility index (Phi) is 5.07. The van der Waals surface area contributed by atoms with Gasteiger partial charge in [0.15, 0.2) is 5.76 Å². The number of aromatic nitrogens is 1. The number of carbonyl (C=O) groups excluding carboxylic acids is 2. The maximum absolute atomic E-state index is 13.4. The molecule has 1 atom stereocenters. The first-order valence-electron chi connectivity index (χ1n) is 11.6. The van der Waals surface area contributed by atoms with E-state index in [-0.39, 0.29) is 23.9 Å². The third kappa shape index (κ3) is 3.35. The molecule has 2 aliphatic heterocycles. The molecule has 1 aromatic heterocycles. The molecule has 0 amide bonds. The third-order valence-corrected chi connectivity index (χ3v) is 6.81. The fraction of sp³-hybridized carbons (Fsp3) is 0.172. The molecule has 4 aromatic rings. The number of hydrogen-bond donors (Lipinski definition) is 0. The Labute approximate surface area is 207 Å². The van der Waals surface area contributed by atoms with Gasteiger partial charge >= 0.3 is 5.97 Å². The second kappa shape index (κ2) is 8.30. The zero-order valence-corrected chi connectivity index (χ0v) is 20.0. The minimum atomic E-state index is -0.415. The Balaban J connectivity index is 1.48. The van der Waals surface area contributed by atoms with Crippen molar-refractivity contribution in [3.63, 3.8) is 0 Å². The van der Waals surface area contributed by atoms with Crippen molar-refractivity contribution in [2.24, 2.45) is 7.05 Å². The van der Waals surface area contributed by atoms with E-state index >= 15 is 0 Å². The van der Waals surface area contributed by atoms with Gasteiger partial charge in [-0.25, -0.2) is 0 Å². The van der Waals surface area contributed by atoms with Crippen LogP contribution in [0.15, 0.2) is 66.6 Å². The van der Waals surface area contributed by atoms with E-state index in [4.69, 9.17) is 18.9 Å². The predicted molar refractivity (Wildman–Crippen MR) is 134 cm³/mol. The minimum absolute atomic E-state index is 0.0893. The number of esters is 1. The maximum atomic E-state index is 13.4. The number of methoxy groups -OCH3 is 2. The molecule has 0 fully saturated rings. The van der Waals surface area contributed by atoms with E-state index < -0.39 is 5.92 Å². The molecule has 0 bridgehead atoms. The lowest BCUT2D eigenvalue weighted by molar-refractivity contribution is -0.135. The van der Waals surface area contributed by atoms with Crippen LogP contribution in [0.25, 0.3) is 17.0 Å². The number of Topliss-reactive ketones (excluding diaryl/α,β-unsaturated/α-hetero) is 1. The van der Waals surface area contributed by atoms with Crippen LogP contribution in [0.3, 0.4) is 0 Å². The number of ether oxygens (including phenoxy) is 4. The van der Waals surface area contributed by atoms with E-state index in [1.54, 1.807) is 38.5 Å². The van der Waals surface area contributed by atoms with Crippen LogP contribution in [0.4, 0.5) is 0 Å². The lowest BCUT2D eigenvalue weighted by atomic mass is 9.84. The highest BCUT2D eigenvalue weighted by Crippen LogP contribution is 2.50. The Bertz CT molecular complexity index is 1600. The first-order chi connectivity index (χ1) is 17.5. The van der Waals surface area contributed by atoms with Crippen molar-refractivity contribution < 1.29 is 28.5 Å². The number of carbonyl (C=O) groups is 2. The fourth-order valence-corrected chi connectivity index (χ4v) is 5.11. The molecule has 7 nitrogen and oxygen atoms in total. The largest absolute Gasteiger partial charge is 0.497 e. The Morgan fingerprint density at radius 1 is 1.00 bits per heavy atom. The molecule has 0 N–H and O–H groups in total. The molecule has 3 aromatic carbocycles. The van der Waals surface area contributed by atoms with Crippen molar-refractivity contribution in [2.45, 2.75) is 12.3 Å². The number of nitrogens with zero attached hydrogens (tertiary/aromatic N) is 1. The predicted octanol–water partition coefficient (Wildman–Crippen LogP) is 5.25. The van der Waals surface area contributed by atoms with E-state index in [1.807, 2.05) is 54.2 Å². The van der Waals surface area contributed by atoms with Gasteiger partial charge in [-0.15, -0.1) is 0 Å². The number of fused-ring (bicyclic) bond motifs is 4. The van der Waals surface area contributed by atoms with Gasteiger partial charge in [0.05, 0.1) is 26.2 Å². The molecular weight excluding hydrogens is 458 g/mol. The summed E-state index contributed by atoms with van der Waals surface area (Å²) in [5.74, 6) is 1.26. The van der Waals surface area contributed by atoms with Gasteiger partial charge in [0.25, 0.3) is 0 Å². The summed E-state index contributed by atoms with van der Waals surface area (Å²) in [6.07, 6.45) is 3.83. The first-order valence-corrected chi connectivity index (χ1v) is 11.6. The molecule has 3 heterocycles. The van der Waals surface area contributed by atoms with Crippen molar-refractivity contribution in [3.05, 3.63) is 88.8 Å². The van der Waals surface area contributed by atoms with Gasteiger partial charge in [0, 0.05) is 52.8 Å². The second-order valence-electron chi connectivity index (χ2n) is 8.84. The molecule has 0 radical (unpaired) electrons. The monoisotopic (exact) mass is 481 g/mol. The van der Waals surface area contributed by atoms with Gasteiger partial charge in [0.2, 0.25) is 5.78 Å². The molecule has 36 heavy (non-hydrogen) atoms. The van der Waals surface area contributed by atoms with Crippen LogP contribution < -0.4 is 18.9 Å². The van der Waals surface area contributed by atoms with Crippen LogP contribution in [0, 0.1) is 0 Å². The molecular formula is C29H23NO6. The molecule has 0 saturated heterocycles. The number of rotatable bonds is 4. The van der Waals surface area contributed by atoms with E-state index in [2.05, 4.69) is 0 Å². The van der Waals surface area contributed by atoms with Crippen LogP contribution in [-0.2, 0) is 11.8 Å². The molecule has 6 rings (SSSR count). The van der Waals surface area contributed by atoms with E-state index in [0.29, 0.717) is 34.1 Å². The van der Waals surface area contributed by atoms with Crippen molar-refractivity contribution in [2.75, 3.05) is 14.2 Å². The van der Waals surface area contributed by atoms with Crippen molar-refractivity contribution >= 4 is 28.7 Å². The number of aryl methyl sites for hydroxylation is 1. The number of benzene rings is 3. The molecule has 2 aliphatic rings. The highest BCUT2D eigenvalue weighted by Gasteiger charge is 2.39. The lowest BCUT2D eigenvalue weighted by Gasteiger charge is -2.27.